The summed E-state index contributed by atoms with van der Waals surface area (Å²) in [7, 11) is 0. The summed E-state index contributed by atoms with van der Waals surface area (Å²) in [6.07, 6.45) is 5.31. The predicted molar refractivity (Wildman–Crippen MR) is 119 cm³/mol. The van der Waals surface area contributed by atoms with Crippen LogP contribution in [0.5, 0.6) is 0 Å². The molecule has 6 rings (SSSR count). The second-order valence-corrected chi connectivity index (χ2v) is 8.58. The van der Waals surface area contributed by atoms with Crippen LogP contribution in [0.4, 0.5) is 11.4 Å². The second kappa shape index (κ2) is 6.93. The number of fused-ring (bicyclic) bond motifs is 5. The summed E-state index contributed by atoms with van der Waals surface area (Å²) in [5.41, 5.74) is 2.23. The van der Waals surface area contributed by atoms with Crippen molar-refractivity contribution in [3.05, 3.63) is 89.3 Å². The largest absolute Gasteiger partial charge is 0.461 e. The van der Waals surface area contributed by atoms with Crippen LogP contribution in [0.3, 0.4) is 0 Å². The molecule has 2 amide bonds. The van der Waals surface area contributed by atoms with E-state index in [2.05, 4.69) is 0 Å². The van der Waals surface area contributed by atoms with Gasteiger partial charge in [0.05, 0.1) is 29.8 Å². The first-order chi connectivity index (χ1) is 15.6. The van der Waals surface area contributed by atoms with E-state index in [-0.39, 0.29) is 23.4 Å². The van der Waals surface area contributed by atoms with Crippen LogP contribution in [0.1, 0.15) is 16.1 Å². The summed E-state index contributed by atoms with van der Waals surface area (Å²) in [4.78, 5) is 44.0. The molecule has 7 heteroatoms. The number of Topliss-reactive ketones (excluding diaryl/α,β-unsaturated/α-hetero) is 1. The molecule has 0 radical (unpaired) electrons. The summed E-state index contributed by atoms with van der Waals surface area (Å²) in [6, 6.07) is 16.2. The lowest BCUT2D eigenvalue weighted by molar-refractivity contribution is -0.122. The zero-order valence-electron chi connectivity index (χ0n) is 16.7. The number of rotatable bonds is 3. The highest BCUT2D eigenvalue weighted by molar-refractivity contribution is 6.31. The van der Waals surface area contributed by atoms with E-state index in [0.717, 1.165) is 11.3 Å². The van der Waals surface area contributed by atoms with Crippen molar-refractivity contribution in [2.45, 2.75) is 12.1 Å². The number of carbonyl (C=O) groups excluding carboxylic acids is 3. The van der Waals surface area contributed by atoms with Crippen molar-refractivity contribution in [1.82, 2.24) is 0 Å². The van der Waals surface area contributed by atoms with Crippen molar-refractivity contribution < 1.29 is 18.8 Å². The van der Waals surface area contributed by atoms with Crippen LogP contribution in [0, 0.1) is 11.8 Å². The number of furan rings is 1. The summed E-state index contributed by atoms with van der Waals surface area (Å²) in [5, 5.41) is 0.511. The molecule has 6 nitrogen and oxygen atoms in total. The number of imide groups is 1. The first-order valence-corrected chi connectivity index (χ1v) is 10.7. The van der Waals surface area contributed by atoms with Gasteiger partial charge < -0.3 is 9.32 Å². The topological polar surface area (TPSA) is 70.8 Å². The number of hydrogen-bond acceptors (Lipinski definition) is 5. The van der Waals surface area contributed by atoms with Crippen molar-refractivity contribution in [1.29, 1.82) is 0 Å². The number of carbonyl (C=O) groups is 3. The van der Waals surface area contributed by atoms with Gasteiger partial charge in [-0.2, -0.15) is 0 Å². The minimum atomic E-state index is -0.851. The highest BCUT2D eigenvalue weighted by Crippen LogP contribution is 2.49. The molecular formula is C25H17ClN2O4. The molecule has 0 aliphatic carbocycles. The predicted octanol–water partition coefficient (Wildman–Crippen LogP) is 4.21. The van der Waals surface area contributed by atoms with Gasteiger partial charge in [-0.3, -0.25) is 14.4 Å². The molecular weight excluding hydrogens is 428 g/mol. The van der Waals surface area contributed by atoms with Gasteiger partial charge in [-0.15, -0.1) is 0 Å². The number of halogens is 1. The van der Waals surface area contributed by atoms with E-state index in [4.69, 9.17) is 16.0 Å². The van der Waals surface area contributed by atoms with E-state index in [1.165, 1.54) is 11.2 Å². The Balaban J connectivity index is 1.50. The normalized spacial score (nSPS) is 25.7. The highest BCUT2D eigenvalue weighted by atomic mass is 35.5. The van der Waals surface area contributed by atoms with Gasteiger partial charge in [-0.1, -0.05) is 42.0 Å². The zero-order valence-corrected chi connectivity index (χ0v) is 17.5. The van der Waals surface area contributed by atoms with E-state index >= 15 is 0 Å². The first-order valence-electron chi connectivity index (χ1n) is 10.3. The Labute approximate surface area is 188 Å². The lowest BCUT2D eigenvalue weighted by atomic mass is 9.87. The number of benzene rings is 2. The van der Waals surface area contributed by atoms with E-state index in [1.54, 1.807) is 36.4 Å². The molecule has 3 aromatic rings. The molecule has 158 valence electrons. The Kier molecular flexibility index (Phi) is 4.13. The van der Waals surface area contributed by atoms with Gasteiger partial charge in [0.25, 0.3) is 0 Å². The lowest BCUT2D eigenvalue weighted by Gasteiger charge is -2.36. The third-order valence-corrected chi connectivity index (χ3v) is 6.78. The lowest BCUT2D eigenvalue weighted by Crippen LogP contribution is -2.48. The number of nitrogens with zero attached hydrogens (tertiary/aromatic N) is 2. The van der Waals surface area contributed by atoms with Crippen molar-refractivity contribution in [2.24, 2.45) is 11.8 Å². The molecule has 4 atom stereocenters. The number of amides is 2. The number of ketones is 1. The Bertz CT molecular complexity index is 1280. The van der Waals surface area contributed by atoms with Crippen molar-refractivity contribution in [2.75, 3.05) is 9.80 Å². The number of anilines is 2. The summed E-state index contributed by atoms with van der Waals surface area (Å²) in [6.45, 7) is 0. The Morgan fingerprint density at radius 1 is 0.906 bits per heavy atom. The van der Waals surface area contributed by atoms with E-state index in [9.17, 15) is 14.4 Å². The molecule has 0 saturated carbocycles. The fourth-order valence-corrected chi connectivity index (χ4v) is 5.35. The molecule has 32 heavy (non-hydrogen) atoms. The molecule has 1 aromatic heterocycles. The minimum absolute atomic E-state index is 0.173. The van der Waals surface area contributed by atoms with Crippen LogP contribution in [-0.2, 0) is 9.59 Å². The molecule has 2 fully saturated rings. The maximum absolute atomic E-state index is 13.7. The van der Waals surface area contributed by atoms with E-state index in [0.29, 0.717) is 10.7 Å². The summed E-state index contributed by atoms with van der Waals surface area (Å²) >= 11 is 5.99. The maximum Gasteiger partial charge on any atom is 0.240 e. The molecule has 3 aliphatic rings. The van der Waals surface area contributed by atoms with Crippen molar-refractivity contribution in [3.63, 3.8) is 0 Å². The van der Waals surface area contributed by atoms with Gasteiger partial charge in [0.2, 0.25) is 17.6 Å². The monoisotopic (exact) mass is 444 g/mol. The zero-order chi connectivity index (χ0) is 22.0. The smallest absolute Gasteiger partial charge is 0.240 e. The van der Waals surface area contributed by atoms with Gasteiger partial charge in [0.1, 0.15) is 6.04 Å². The summed E-state index contributed by atoms with van der Waals surface area (Å²) in [5.74, 6) is -2.32. The van der Waals surface area contributed by atoms with Gasteiger partial charge in [0, 0.05) is 10.7 Å². The third kappa shape index (κ3) is 2.56. The van der Waals surface area contributed by atoms with E-state index in [1.807, 2.05) is 41.3 Å². The van der Waals surface area contributed by atoms with Crippen LogP contribution in [0.2, 0.25) is 5.02 Å². The standard InChI is InChI=1S/C25H17ClN2O4/c26-15-8-10-16(11-9-15)27-24(30)20-18-12-7-14-4-1-2-5-17(14)28(18)22(21(20)25(27)31)23(29)19-6-3-13-32-19/h1-13,18,20-22H/t18-,20-,21-,22+/m1/s1. The quantitative estimate of drug-likeness (QED) is 0.447. The molecule has 0 bridgehead atoms. The molecule has 0 N–H and O–H groups in total. The van der Waals surface area contributed by atoms with Crippen molar-refractivity contribution in [3.8, 4) is 0 Å². The van der Waals surface area contributed by atoms with Crippen LogP contribution < -0.4 is 9.80 Å². The van der Waals surface area contributed by atoms with Crippen LogP contribution in [0.15, 0.2) is 77.4 Å². The molecule has 0 spiro atoms. The maximum atomic E-state index is 13.7. The van der Waals surface area contributed by atoms with Crippen LogP contribution in [0.25, 0.3) is 6.08 Å². The van der Waals surface area contributed by atoms with Crippen molar-refractivity contribution >= 4 is 46.6 Å². The van der Waals surface area contributed by atoms with Gasteiger partial charge in [-0.25, -0.2) is 4.90 Å². The highest BCUT2D eigenvalue weighted by Gasteiger charge is 2.64. The first kappa shape index (κ1) is 19.1. The molecule has 3 aliphatic heterocycles. The second-order valence-electron chi connectivity index (χ2n) is 8.14. The number of hydrogen-bond donors (Lipinski definition) is 0. The van der Waals surface area contributed by atoms with Gasteiger partial charge in [0.15, 0.2) is 5.76 Å². The minimum Gasteiger partial charge on any atom is -0.461 e. The Morgan fingerprint density at radius 3 is 2.41 bits per heavy atom. The average Bonchev–Trinajstić information content (AvgIpc) is 3.51. The fourth-order valence-electron chi connectivity index (χ4n) is 5.22. The van der Waals surface area contributed by atoms with Gasteiger partial charge >= 0.3 is 0 Å². The summed E-state index contributed by atoms with van der Waals surface area (Å²) < 4.78 is 5.39. The third-order valence-electron chi connectivity index (χ3n) is 6.53. The number of para-hydroxylation sites is 1. The Hall–Kier alpha value is -3.64. The molecule has 0 unspecified atom stereocenters. The fraction of sp³-hybridized carbons (Fsp3) is 0.160. The average molecular weight is 445 g/mol. The van der Waals surface area contributed by atoms with Crippen LogP contribution >= 0.6 is 11.6 Å². The van der Waals surface area contributed by atoms with E-state index < -0.39 is 23.9 Å². The Morgan fingerprint density at radius 2 is 1.66 bits per heavy atom. The molecule has 2 saturated heterocycles. The van der Waals surface area contributed by atoms with Gasteiger partial charge in [-0.05, 0) is 48.0 Å². The van der Waals surface area contributed by atoms with Crippen LogP contribution in [-0.4, -0.2) is 29.7 Å². The molecule has 2 aromatic carbocycles. The molecule has 4 heterocycles. The SMILES string of the molecule is O=C(c1ccco1)[C@@H]1[C@@H]2C(=O)N(c3ccc(Cl)cc3)C(=O)[C@@H]2[C@H]2C=Cc3ccccc3N21.